The largest absolute Gasteiger partial charge is 0.308 e. The van der Waals surface area contributed by atoms with Gasteiger partial charge < -0.3 is 4.90 Å². The Labute approximate surface area is 130 Å². The highest BCUT2D eigenvalue weighted by molar-refractivity contribution is 5.97. The van der Waals surface area contributed by atoms with Crippen molar-refractivity contribution in [3.63, 3.8) is 0 Å². The molecule has 1 unspecified atom stereocenters. The minimum atomic E-state index is 0.154. The minimum Gasteiger partial charge on any atom is -0.308 e. The average Bonchev–Trinajstić information content (AvgIpc) is 3.01. The van der Waals surface area contributed by atoms with E-state index >= 15 is 0 Å². The number of aryl methyl sites for hydroxylation is 1. The molecule has 3 rings (SSSR count). The van der Waals surface area contributed by atoms with Crippen molar-refractivity contribution >= 4 is 11.6 Å². The number of likely N-dealkylation sites (N-methyl/N-ethyl adjacent to an activating group) is 1. The van der Waals surface area contributed by atoms with E-state index in [-0.39, 0.29) is 11.9 Å². The molecule has 1 aliphatic rings. The standard InChI is InChI=1S/C17H22N4O/c1-12-8-14-6-4-5-7-16(14)21(12)17(22)11-20(3)10-15-9-18-19-13(15)2/h4-7,9,12H,8,10-11H2,1-3H3,(H,18,19). The van der Waals surface area contributed by atoms with Crippen LogP contribution in [0.2, 0.25) is 0 Å². The van der Waals surface area contributed by atoms with Gasteiger partial charge in [-0.2, -0.15) is 5.10 Å². The lowest BCUT2D eigenvalue weighted by atomic mass is 10.1. The van der Waals surface area contributed by atoms with Crippen LogP contribution in [0.25, 0.3) is 0 Å². The lowest BCUT2D eigenvalue weighted by molar-refractivity contribution is -0.119. The van der Waals surface area contributed by atoms with E-state index in [1.807, 2.05) is 48.2 Å². The van der Waals surface area contributed by atoms with Gasteiger partial charge in [0.2, 0.25) is 5.91 Å². The number of carbonyl (C=O) groups excluding carboxylic acids is 1. The number of aromatic amines is 1. The highest BCUT2D eigenvalue weighted by atomic mass is 16.2. The molecule has 1 aromatic heterocycles. The summed E-state index contributed by atoms with van der Waals surface area (Å²) in [5.41, 5.74) is 4.51. The van der Waals surface area contributed by atoms with Crippen LogP contribution < -0.4 is 4.90 Å². The zero-order valence-corrected chi connectivity index (χ0v) is 13.3. The van der Waals surface area contributed by atoms with E-state index in [1.54, 1.807) is 0 Å². The quantitative estimate of drug-likeness (QED) is 0.941. The van der Waals surface area contributed by atoms with Gasteiger partial charge in [0.25, 0.3) is 0 Å². The first-order chi connectivity index (χ1) is 10.6. The molecular formula is C17H22N4O. The Morgan fingerprint density at radius 1 is 1.45 bits per heavy atom. The molecule has 1 aromatic carbocycles. The third kappa shape index (κ3) is 2.76. The molecule has 1 aliphatic heterocycles. The van der Waals surface area contributed by atoms with E-state index in [9.17, 15) is 4.79 Å². The summed E-state index contributed by atoms with van der Waals surface area (Å²) in [6.07, 6.45) is 2.76. The summed E-state index contributed by atoms with van der Waals surface area (Å²) in [5.74, 6) is 0.154. The van der Waals surface area contributed by atoms with E-state index in [1.165, 1.54) is 5.56 Å². The number of rotatable bonds is 4. The molecule has 1 atom stereocenters. The molecule has 0 saturated heterocycles. The predicted octanol–water partition coefficient (Wildman–Crippen LogP) is 2.13. The number of amides is 1. The summed E-state index contributed by atoms with van der Waals surface area (Å²) in [6.45, 7) is 5.23. The van der Waals surface area contributed by atoms with Crippen molar-refractivity contribution in [2.24, 2.45) is 0 Å². The van der Waals surface area contributed by atoms with E-state index in [0.717, 1.165) is 29.9 Å². The van der Waals surface area contributed by atoms with Crippen LogP contribution in [0.5, 0.6) is 0 Å². The van der Waals surface area contributed by atoms with Crippen LogP contribution in [0.3, 0.4) is 0 Å². The molecular weight excluding hydrogens is 276 g/mol. The van der Waals surface area contributed by atoms with Crippen LogP contribution in [-0.4, -0.2) is 40.6 Å². The number of hydrogen-bond donors (Lipinski definition) is 1. The van der Waals surface area contributed by atoms with Gasteiger partial charge in [0.05, 0.1) is 12.7 Å². The molecule has 116 valence electrons. The van der Waals surface area contributed by atoms with Crippen LogP contribution in [-0.2, 0) is 17.8 Å². The second kappa shape index (κ2) is 5.93. The molecule has 0 spiro atoms. The molecule has 5 nitrogen and oxygen atoms in total. The molecule has 2 aromatic rings. The lowest BCUT2D eigenvalue weighted by Gasteiger charge is -2.25. The van der Waals surface area contributed by atoms with Crippen molar-refractivity contribution < 1.29 is 4.79 Å². The number of anilines is 1. The van der Waals surface area contributed by atoms with Crippen LogP contribution in [0, 0.1) is 6.92 Å². The Hall–Kier alpha value is -2.14. The maximum Gasteiger partial charge on any atom is 0.241 e. The minimum absolute atomic E-state index is 0.154. The summed E-state index contributed by atoms with van der Waals surface area (Å²) >= 11 is 0. The van der Waals surface area contributed by atoms with Gasteiger partial charge in [-0.25, -0.2) is 0 Å². The Kier molecular flexibility index (Phi) is 3.98. The van der Waals surface area contributed by atoms with Crippen molar-refractivity contribution in [2.75, 3.05) is 18.5 Å². The van der Waals surface area contributed by atoms with Gasteiger partial charge in [-0.15, -0.1) is 0 Å². The summed E-state index contributed by atoms with van der Waals surface area (Å²) in [5, 5.41) is 6.96. The number of hydrogen-bond acceptors (Lipinski definition) is 3. The predicted molar refractivity (Wildman–Crippen MR) is 86.8 cm³/mol. The van der Waals surface area contributed by atoms with E-state index in [4.69, 9.17) is 0 Å². The number of aromatic nitrogens is 2. The van der Waals surface area contributed by atoms with Crippen molar-refractivity contribution in [3.8, 4) is 0 Å². The van der Waals surface area contributed by atoms with Crippen molar-refractivity contribution in [3.05, 3.63) is 47.3 Å². The highest BCUT2D eigenvalue weighted by Gasteiger charge is 2.30. The van der Waals surface area contributed by atoms with Gasteiger partial charge in [-0.3, -0.25) is 14.8 Å². The fourth-order valence-corrected chi connectivity index (χ4v) is 3.13. The number of nitrogens with zero attached hydrogens (tertiary/aromatic N) is 3. The molecule has 1 amide bonds. The molecule has 0 bridgehead atoms. The van der Waals surface area contributed by atoms with E-state index < -0.39 is 0 Å². The highest BCUT2D eigenvalue weighted by Crippen LogP contribution is 2.31. The zero-order chi connectivity index (χ0) is 15.7. The van der Waals surface area contributed by atoms with Crippen molar-refractivity contribution in [2.45, 2.75) is 32.9 Å². The number of para-hydroxylation sites is 1. The summed E-state index contributed by atoms with van der Waals surface area (Å²) in [7, 11) is 1.97. The number of benzene rings is 1. The molecule has 2 heterocycles. The van der Waals surface area contributed by atoms with E-state index in [0.29, 0.717) is 6.54 Å². The second-order valence-corrected chi connectivity index (χ2v) is 6.14. The van der Waals surface area contributed by atoms with Gasteiger partial charge in [0.1, 0.15) is 0 Å². The first-order valence-corrected chi connectivity index (χ1v) is 7.63. The number of fused-ring (bicyclic) bond motifs is 1. The van der Waals surface area contributed by atoms with Gasteiger partial charge >= 0.3 is 0 Å². The third-order valence-electron chi connectivity index (χ3n) is 4.26. The van der Waals surface area contributed by atoms with Gasteiger partial charge in [0.15, 0.2) is 0 Å². The Bertz CT molecular complexity index is 679. The SMILES string of the molecule is Cc1[nH]ncc1CN(C)CC(=O)N1c2ccccc2CC1C. The molecule has 0 aliphatic carbocycles. The molecule has 22 heavy (non-hydrogen) atoms. The zero-order valence-electron chi connectivity index (χ0n) is 13.3. The Morgan fingerprint density at radius 3 is 2.95 bits per heavy atom. The molecule has 0 saturated carbocycles. The van der Waals surface area contributed by atoms with Gasteiger partial charge in [-0.05, 0) is 38.9 Å². The summed E-state index contributed by atoms with van der Waals surface area (Å²) < 4.78 is 0. The summed E-state index contributed by atoms with van der Waals surface area (Å²) in [4.78, 5) is 16.7. The molecule has 0 radical (unpaired) electrons. The number of carbonyl (C=O) groups is 1. The summed E-state index contributed by atoms with van der Waals surface area (Å²) in [6, 6.07) is 8.41. The second-order valence-electron chi connectivity index (χ2n) is 6.14. The van der Waals surface area contributed by atoms with Gasteiger partial charge in [-0.1, -0.05) is 18.2 Å². The number of nitrogens with one attached hydrogen (secondary N) is 1. The normalized spacial score (nSPS) is 17.1. The smallest absolute Gasteiger partial charge is 0.241 e. The van der Waals surface area contributed by atoms with E-state index in [2.05, 4.69) is 23.2 Å². The van der Waals surface area contributed by atoms with Crippen molar-refractivity contribution in [1.29, 1.82) is 0 Å². The first kappa shape index (κ1) is 14.8. The van der Waals surface area contributed by atoms with Crippen LogP contribution in [0.4, 0.5) is 5.69 Å². The van der Waals surface area contributed by atoms with Crippen LogP contribution in [0.1, 0.15) is 23.7 Å². The Balaban J connectivity index is 1.68. The van der Waals surface area contributed by atoms with Crippen LogP contribution >= 0.6 is 0 Å². The van der Waals surface area contributed by atoms with Gasteiger partial charge in [0, 0.05) is 29.5 Å². The van der Waals surface area contributed by atoms with Crippen LogP contribution in [0.15, 0.2) is 30.5 Å². The topological polar surface area (TPSA) is 52.2 Å². The third-order valence-corrected chi connectivity index (χ3v) is 4.26. The molecule has 5 heteroatoms. The lowest BCUT2D eigenvalue weighted by Crippen LogP contribution is -2.42. The number of H-pyrrole nitrogens is 1. The fraction of sp³-hybridized carbons (Fsp3) is 0.412. The van der Waals surface area contributed by atoms with Crippen molar-refractivity contribution in [1.82, 2.24) is 15.1 Å². The average molecular weight is 298 g/mol. The monoisotopic (exact) mass is 298 g/mol. The maximum atomic E-state index is 12.7. The first-order valence-electron chi connectivity index (χ1n) is 7.63. The molecule has 0 fully saturated rings. The Morgan fingerprint density at radius 2 is 2.23 bits per heavy atom. The maximum absolute atomic E-state index is 12.7. The fourth-order valence-electron chi connectivity index (χ4n) is 3.13. The molecule has 1 N–H and O–H groups in total.